The summed E-state index contributed by atoms with van der Waals surface area (Å²) in [6.45, 7) is 1.75. The van der Waals surface area contributed by atoms with Gasteiger partial charge in [-0.25, -0.2) is 4.98 Å². The third-order valence-electron chi connectivity index (χ3n) is 5.81. The highest BCUT2D eigenvalue weighted by atomic mass is 32.1. The van der Waals surface area contributed by atoms with Gasteiger partial charge in [0, 0.05) is 55.5 Å². The number of anilines is 1. The minimum Gasteiger partial charge on any atom is -0.487 e. The molecule has 1 aromatic carbocycles. The number of piperidine rings is 1. The predicted octanol–water partition coefficient (Wildman–Crippen LogP) is 3.99. The van der Waals surface area contributed by atoms with Crippen molar-refractivity contribution in [3.05, 3.63) is 53.0 Å². The van der Waals surface area contributed by atoms with Crippen molar-refractivity contribution in [2.24, 2.45) is 5.73 Å². The van der Waals surface area contributed by atoms with E-state index in [4.69, 9.17) is 10.5 Å². The molecular weight excluding hydrogens is 356 g/mol. The van der Waals surface area contributed by atoms with E-state index in [2.05, 4.69) is 22.0 Å². The van der Waals surface area contributed by atoms with E-state index in [1.807, 2.05) is 29.6 Å². The zero-order valence-electron chi connectivity index (χ0n) is 14.9. The second-order valence-electron chi connectivity index (χ2n) is 7.39. The molecule has 0 amide bonds. The molecule has 0 saturated carbocycles. The molecule has 5 nitrogen and oxygen atoms in total. The fraction of sp³-hybridized carbons (Fsp3) is 0.333. The molecule has 2 aliphatic rings. The van der Waals surface area contributed by atoms with Crippen LogP contribution in [0.25, 0.3) is 10.1 Å². The number of aromatic nitrogens is 1. The lowest BCUT2D eigenvalue weighted by molar-refractivity contribution is 0.0132. The molecule has 0 aliphatic carbocycles. The van der Waals surface area contributed by atoms with Crippen molar-refractivity contribution >= 4 is 27.2 Å². The Labute approximate surface area is 162 Å². The summed E-state index contributed by atoms with van der Waals surface area (Å²) >= 11 is 1.65. The molecule has 0 bridgehead atoms. The molecule has 1 spiro atoms. The van der Waals surface area contributed by atoms with Gasteiger partial charge in [0.05, 0.1) is 10.3 Å². The van der Waals surface area contributed by atoms with Gasteiger partial charge < -0.3 is 15.4 Å². The average Bonchev–Trinajstić information content (AvgIpc) is 3.18. The second-order valence-corrected chi connectivity index (χ2v) is 8.31. The summed E-state index contributed by atoms with van der Waals surface area (Å²) in [7, 11) is 0. The summed E-state index contributed by atoms with van der Waals surface area (Å²) in [5, 5.41) is 12.3. The highest BCUT2D eigenvalue weighted by molar-refractivity contribution is 7.17. The second kappa shape index (κ2) is 6.22. The number of hydrogen-bond acceptors (Lipinski definition) is 6. The van der Waals surface area contributed by atoms with E-state index in [1.165, 1.54) is 0 Å². The lowest BCUT2D eigenvalue weighted by Gasteiger charge is -2.46. The summed E-state index contributed by atoms with van der Waals surface area (Å²) in [5.74, 6) is 1.91. The van der Waals surface area contributed by atoms with Crippen molar-refractivity contribution < 1.29 is 4.74 Å². The average molecular weight is 376 g/mol. The Morgan fingerprint density at radius 3 is 2.89 bits per heavy atom. The number of pyridine rings is 1. The van der Waals surface area contributed by atoms with Gasteiger partial charge in [-0.3, -0.25) is 0 Å². The maximum absolute atomic E-state index is 9.30. The van der Waals surface area contributed by atoms with Crippen molar-refractivity contribution in [1.82, 2.24) is 4.98 Å². The maximum Gasteiger partial charge on any atom is 0.146 e. The van der Waals surface area contributed by atoms with E-state index < -0.39 is 0 Å². The molecule has 27 heavy (non-hydrogen) atoms. The molecule has 1 unspecified atom stereocenters. The lowest BCUT2D eigenvalue weighted by Crippen LogP contribution is -2.51. The van der Waals surface area contributed by atoms with Crippen LogP contribution in [0.15, 0.2) is 41.9 Å². The minimum absolute atomic E-state index is 0.0264. The Hall–Kier alpha value is -2.62. The van der Waals surface area contributed by atoms with Gasteiger partial charge in [-0.15, -0.1) is 11.3 Å². The fourth-order valence-electron chi connectivity index (χ4n) is 4.36. The van der Waals surface area contributed by atoms with Gasteiger partial charge in [0.2, 0.25) is 0 Å². The number of fused-ring (bicyclic) bond motifs is 2. The summed E-state index contributed by atoms with van der Waals surface area (Å²) in [4.78, 5) is 6.93. The van der Waals surface area contributed by atoms with Gasteiger partial charge in [-0.2, -0.15) is 5.26 Å². The highest BCUT2D eigenvalue weighted by Gasteiger charge is 2.42. The molecule has 3 aromatic rings. The summed E-state index contributed by atoms with van der Waals surface area (Å²) in [5.41, 5.74) is 8.02. The molecule has 6 heteroatoms. The van der Waals surface area contributed by atoms with E-state index >= 15 is 0 Å². The molecule has 136 valence electrons. The Bertz CT molecular complexity index is 1050. The topological polar surface area (TPSA) is 75.2 Å². The third kappa shape index (κ3) is 2.66. The number of nitriles is 1. The monoisotopic (exact) mass is 376 g/mol. The molecule has 2 aliphatic heterocycles. The van der Waals surface area contributed by atoms with Crippen LogP contribution in [-0.4, -0.2) is 23.7 Å². The predicted molar refractivity (Wildman–Crippen MR) is 107 cm³/mol. The molecule has 0 radical (unpaired) electrons. The van der Waals surface area contributed by atoms with Crippen molar-refractivity contribution in [3.8, 4) is 11.8 Å². The number of hydrogen-bond donors (Lipinski definition) is 1. The van der Waals surface area contributed by atoms with E-state index in [-0.39, 0.29) is 11.6 Å². The lowest BCUT2D eigenvalue weighted by atomic mass is 9.81. The first-order chi connectivity index (χ1) is 13.2. The van der Waals surface area contributed by atoms with Crippen molar-refractivity contribution in [1.29, 1.82) is 5.26 Å². The van der Waals surface area contributed by atoms with Gasteiger partial charge >= 0.3 is 0 Å². The number of thiophene rings is 1. The van der Waals surface area contributed by atoms with Crippen LogP contribution in [0, 0.1) is 11.3 Å². The molecule has 2 aromatic heterocycles. The van der Waals surface area contributed by atoms with Gasteiger partial charge in [0.1, 0.15) is 23.2 Å². The summed E-state index contributed by atoms with van der Waals surface area (Å²) < 4.78 is 7.55. The number of benzene rings is 1. The van der Waals surface area contributed by atoms with Crippen LogP contribution >= 0.6 is 11.3 Å². The summed E-state index contributed by atoms with van der Waals surface area (Å²) in [6.07, 6.45) is 4.39. The Kier molecular flexibility index (Phi) is 3.81. The van der Waals surface area contributed by atoms with Crippen LogP contribution in [0.3, 0.4) is 0 Å². The Morgan fingerprint density at radius 2 is 2.07 bits per heavy atom. The molecule has 1 fully saturated rings. The van der Waals surface area contributed by atoms with E-state index in [9.17, 15) is 5.26 Å². The quantitative estimate of drug-likeness (QED) is 0.695. The number of para-hydroxylation sites is 1. The number of ether oxygens (including phenoxy) is 1. The Balaban J connectivity index is 1.40. The van der Waals surface area contributed by atoms with Crippen LogP contribution in [0.5, 0.6) is 5.75 Å². The molecule has 1 atom stereocenters. The number of nitrogens with zero attached hydrogens (tertiary/aromatic N) is 3. The normalized spacial score (nSPS) is 20.9. The van der Waals surface area contributed by atoms with Crippen LogP contribution in [0.2, 0.25) is 0 Å². The van der Waals surface area contributed by atoms with Gasteiger partial charge in [-0.05, 0) is 17.5 Å². The highest BCUT2D eigenvalue weighted by Crippen LogP contribution is 2.44. The van der Waals surface area contributed by atoms with Gasteiger partial charge in [0.25, 0.3) is 0 Å². The van der Waals surface area contributed by atoms with Crippen LogP contribution in [0.4, 0.5) is 5.82 Å². The SMILES string of the molecule is N#Cc1cnc(N2CCC3(CC2)CC(N)c2ccccc2O3)c2sccc12. The first-order valence-corrected chi connectivity index (χ1v) is 10.1. The van der Waals surface area contributed by atoms with Crippen LogP contribution < -0.4 is 15.4 Å². The summed E-state index contributed by atoms with van der Waals surface area (Å²) in [6, 6.07) is 12.4. The number of nitrogens with two attached hydrogens (primary N) is 1. The molecular formula is C21H20N4OS. The van der Waals surface area contributed by atoms with Crippen molar-refractivity contribution in [2.75, 3.05) is 18.0 Å². The van der Waals surface area contributed by atoms with Crippen molar-refractivity contribution in [3.63, 3.8) is 0 Å². The maximum atomic E-state index is 9.30. The van der Waals surface area contributed by atoms with E-state index in [0.717, 1.165) is 59.6 Å². The Morgan fingerprint density at radius 1 is 1.26 bits per heavy atom. The largest absolute Gasteiger partial charge is 0.487 e. The zero-order valence-corrected chi connectivity index (χ0v) is 15.7. The smallest absolute Gasteiger partial charge is 0.146 e. The molecule has 5 rings (SSSR count). The minimum atomic E-state index is -0.189. The molecule has 1 saturated heterocycles. The van der Waals surface area contributed by atoms with E-state index in [0.29, 0.717) is 5.56 Å². The standard InChI is InChI=1S/C21H20N4OS/c22-12-14-13-24-20(19-15(14)5-10-27-19)25-8-6-21(7-9-25)11-17(23)16-3-1-2-4-18(16)26-21/h1-5,10,13,17H,6-9,11,23H2. The zero-order chi connectivity index (χ0) is 18.4. The first-order valence-electron chi connectivity index (χ1n) is 9.24. The van der Waals surface area contributed by atoms with Gasteiger partial charge in [0.15, 0.2) is 0 Å². The first kappa shape index (κ1) is 16.5. The molecule has 2 N–H and O–H groups in total. The fourth-order valence-corrected chi connectivity index (χ4v) is 5.29. The van der Waals surface area contributed by atoms with Crippen LogP contribution in [0.1, 0.15) is 36.4 Å². The molecule has 4 heterocycles. The van der Waals surface area contributed by atoms with Crippen molar-refractivity contribution in [2.45, 2.75) is 30.9 Å². The van der Waals surface area contributed by atoms with Gasteiger partial charge in [-0.1, -0.05) is 18.2 Å². The van der Waals surface area contributed by atoms with E-state index in [1.54, 1.807) is 17.5 Å². The third-order valence-corrected chi connectivity index (χ3v) is 6.72. The number of rotatable bonds is 1. The van der Waals surface area contributed by atoms with Crippen LogP contribution in [-0.2, 0) is 0 Å².